The molecule has 1 rings (SSSR count). The van der Waals surface area contributed by atoms with E-state index < -0.39 is 41.1 Å². The van der Waals surface area contributed by atoms with Gasteiger partial charge in [-0.05, 0) is 20.8 Å². The van der Waals surface area contributed by atoms with E-state index in [4.69, 9.17) is 14.2 Å². The predicted octanol–water partition coefficient (Wildman–Crippen LogP) is 2.20. The summed E-state index contributed by atoms with van der Waals surface area (Å²) in [5.74, 6) is -2.79. The van der Waals surface area contributed by atoms with Crippen molar-refractivity contribution in [3.8, 4) is 0 Å². The van der Waals surface area contributed by atoms with Crippen LogP contribution in [0.4, 0.5) is 5.69 Å². The van der Waals surface area contributed by atoms with Crippen molar-refractivity contribution in [3.63, 3.8) is 0 Å². The van der Waals surface area contributed by atoms with Crippen LogP contribution in [-0.4, -0.2) is 42.7 Å². The molecule has 0 heterocycles. The Labute approximate surface area is 156 Å². The second-order valence-corrected chi connectivity index (χ2v) is 5.57. The molecule has 0 saturated carbocycles. The molecule has 0 aliphatic heterocycles. The molecule has 0 aliphatic carbocycles. The van der Waals surface area contributed by atoms with Gasteiger partial charge in [0.25, 0.3) is 5.69 Å². The number of ether oxygens (including phenoxy) is 3. The molecule has 0 N–H and O–H groups in total. The van der Waals surface area contributed by atoms with Gasteiger partial charge in [-0.2, -0.15) is 0 Å². The largest absolute Gasteiger partial charge is 0.466 e. The number of nitro groups is 1. The van der Waals surface area contributed by atoms with Crippen LogP contribution in [0.1, 0.15) is 32.8 Å². The molecule has 0 bridgehead atoms. The summed E-state index contributed by atoms with van der Waals surface area (Å²) < 4.78 is 14.9. The van der Waals surface area contributed by atoms with Gasteiger partial charge in [-0.25, -0.2) is 0 Å². The first kappa shape index (κ1) is 22.1. The van der Waals surface area contributed by atoms with Crippen molar-refractivity contribution < 1.29 is 33.5 Å². The minimum absolute atomic E-state index is 0.0420. The van der Waals surface area contributed by atoms with Crippen molar-refractivity contribution in [1.82, 2.24) is 0 Å². The van der Waals surface area contributed by atoms with Crippen LogP contribution < -0.4 is 0 Å². The Morgan fingerprint density at radius 2 is 1.48 bits per heavy atom. The summed E-state index contributed by atoms with van der Waals surface area (Å²) in [6, 6.07) is 5.66. The van der Waals surface area contributed by atoms with Crippen molar-refractivity contribution >= 4 is 23.6 Å². The Morgan fingerprint density at radius 1 is 0.963 bits per heavy atom. The van der Waals surface area contributed by atoms with Crippen LogP contribution in [0.15, 0.2) is 24.3 Å². The summed E-state index contributed by atoms with van der Waals surface area (Å²) in [5, 5.41) is 11.3. The van der Waals surface area contributed by atoms with Gasteiger partial charge in [-0.15, -0.1) is 0 Å². The van der Waals surface area contributed by atoms with Crippen LogP contribution in [0.25, 0.3) is 0 Å². The maximum atomic E-state index is 12.7. The van der Waals surface area contributed by atoms with E-state index in [1.807, 2.05) is 0 Å². The maximum absolute atomic E-state index is 12.7. The van der Waals surface area contributed by atoms with Gasteiger partial charge in [0.1, 0.15) is 0 Å². The molecule has 0 amide bonds. The Balaban J connectivity index is 3.48. The maximum Gasteiger partial charge on any atom is 0.324 e. The molecule has 148 valence electrons. The van der Waals surface area contributed by atoms with Gasteiger partial charge < -0.3 is 14.2 Å². The van der Waals surface area contributed by atoms with Gasteiger partial charge >= 0.3 is 17.9 Å². The normalized spacial score (nSPS) is 10.8. The molecular formula is C18H23NO8. The van der Waals surface area contributed by atoms with Crippen molar-refractivity contribution in [2.45, 2.75) is 33.6 Å². The van der Waals surface area contributed by atoms with Gasteiger partial charge in [0.15, 0.2) is 5.41 Å². The summed E-state index contributed by atoms with van der Waals surface area (Å²) in [7, 11) is 0. The average Bonchev–Trinajstić information content (AvgIpc) is 2.61. The zero-order valence-electron chi connectivity index (χ0n) is 15.6. The van der Waals surface area contributed by atoms with E-state index in [9.17, 15) is 24.5 Å². The minimum Gasteiger partial charge on any atom is -0.466 e. The molecule has 1 aromatic carbocycles. The Bertz CT molecular complexity index is 682. The van der Waals surface area contributed by atoms with Crippen molar-refractivity contribution in [1.29, 1.82) is 0 Å². The molecule has 0 aliphatic rings. The number of rotatable bonds is 10. The molecule has 1 aromatic rings. The second-order valence-electron chi connectivity index (χ2n) is 5.57. The lowest BCUT2D eigenvalue weighted by Crippen LogP contribution is -2.46. The zero-order valence-corrected chi connectivity index (χ0v) is 15.6. The number of benzene rings is 1. The van der Waals surface area contributed by atoms with Gasteiger partial charge in [0.05, 0.1) is 31.2 Å². The fourth-order valence-electron chi connectivity index (χ4n) is 2.59. The van der Waals surface area contributed by atoms with Crippen molar-refractivity contribution in [2.75, 3.05) is 19.8 Å². The highest BCUT2D eigenvalue weighted by Gasteiger charge is 2.52. The molecule has 9 nitrogen and oxygen atoms in total. The van der Waals surface area contributed by atoms with E-state index in [0.29, 0.717) is 0 Å². The third-order valence-corrected chi connectivity index (χ3v) is 3.76. The highest BCUT2D eigenvalue weighted by molar-refractivity contribution is 6.03. The van der Waals surface area contributed by atoms with Crippen LogP contribution >= 0.6 is 0 Å². The third-order valence-electron chi connectivity index (χ3n) is 3.76. The van der Waals surface area contributed by atoms with E-state index in [1.54, 1.807) is 20.8 Å². The quantitative estimate of drug-likeness (QED) is 0.199. The van der Waals surface area contributed by atoms with Crippen LogP contribution in [0, 0.1) is 15.5 Å². The Morgan fingerprint density at radius 3 is 1.96 bits per heavy atom. The number of para-hydroxylation sites is 1. The predicted molar refractivity (Wildman–Crippen MR) is 93.7 cm³/mol. The number of carbonyl (C=O) groups is 3. The number of esters is 3. The zero-order chi connectivity index (χ0) is 20.4. The van der Waals surface area contributed by atoms with E-state index in [-0.39, 0.29) is 31.1 Å². The molecule has 0 spiro atoms. The number of hydrogen-bond donors (Lipinski definition) is 0. The Kier molecular flexibility index (Phi) is 8.37. The van der Waals surface area contributed by atoms with Crippen LogP contribution in [0.3, 0.4) is 0 Å². The first-order valence-electron chi connectivity index (χ1n) is 8.54. The summed E-state index contributed by atoms with van der Waals surface area (Å²) in [5.41, 5.74) is -2.25. The van der Waals surface area contributed by atoms with E-state index >= 15 is 0 Å². The molecule has 0 aromatic heterocycles. The first-order chi connectivity index (χ1) is 12.8. The highest BCUT2D eigenvalue weighted by Crippen LogP contribution is 2.35. The highest BCUT2D eigenvalue weighted by atomic mass is 16.6. The van der Waals surface area contributed by atoms with Gasteiger partial charge in [0, 0.05) is 18.1 Å². The second kappa shape index (κ2) is 10.2. The molecule has 0 saturated heterocycles. The van der Waals surface area contributed by atoms with Crippen LogP contribution in [0.2, 0.25) is 0 Å². The SMILES string of the molecule is CCOC(=O)CC(Cc1ccccc1[N+](=O)[O-])(C(=O)OCC)C(=O)OCC. The molecule has 0 fully saturated rings. The summed E-state index contributed by atoms with van der Waals surface area (Å²) in [6.45, 7) is 4.63. The first-order valence-corrected chi connectivity index (χ1v) is 8.54. The topological polar surface area (TPSA) is 122 Å². The van der Waals surface area contributed by atoms with Gasteiger partial charge in [0.2, 0.25) is 0 Å². The lowest BCUT2D eigenvalue weighted by molar-refractivity contribution is -0.385. The van der Waals surface area contributed by atoms with Crippen molar-refractivity contribution in [3.05, 3.63) is 39.9 Å². The molecule has 27 heavy (non-hydrogen) atoms. The number of nitro benzene ring substituents is 1. The number of hydrogen-bond acceptors (Lipinski definition) is 8. The fourth-order valence-corrected chi connectivity index (χ4v) is 2.59. The van der Waals surface area contributed by atoms with Crippen LogP contribution in [-0.2, 0) is 35.0 Å². The van der Waals surface area contributed by atoms with E-state index in [0.717, 1.165) is 0 Å². The summed E-state index contributed by atoms with van der Waals surface area (Å²) in [4.78, 5) is 48.2. The lowest BCUT2D eigenvalue weighted by atomic mass is 9.78. The number of nitrogens with zero attached hydrogens (tertiary/aromatic N) is 1. The average molecular weight is 381 g/mol. The smallest absolute Gasteiger partial charge is 0.324 e. The van der Waals surface area contributed by atoms with Crippen LogP contribution in [0.5, 0.6) is 0 Å². The lowest BCUT2D eigenvalue weighted by Gasteiger charge is -2.28. The summed E-state index contributed by atoms with van der Waals surface area (Å²) in [6.07, 6.45) is -1.08. The number of carbonyl (C=O) groups excluding carboxylic acids is 3. The van der Waals surface area contributed by atoms with Gasteiger partial charge in [-0.1, -0.05) is 18.2 Å². The van der Waals surface area contributed by atoms with E-state index in [2.05, 4.69) is 0 Å². The van der Waals surface area contributed by atoms with E-state index in [1.165, 1.54) is 24.3 Å². The third kappa shape index (κ3) is 5.50. The monoisotopic (exact) mass is 381 g/mol. The molecule has 0 atom stereocenters. The van der Waals surface area contributed by atoms with Gasteiger partial charge in [-0.3, -0.25) is 24.5 Å². The Hall–Kier alpha value is -2.97. The molecule has 0 radical (unpaired) electrons. The minimum atomic E-state index is -2.08. The molecular weight excluding hydrogens is 358 g/mol. The fraction of sp³-hybridized carbons (Fsp3) is 0.500. The molecule has 0 unspecified atom stereocenters. The molecule has 9 heteroatoms. The summed E-state index contributed by atoms with van der Waals surface area (Å²) >= 11 is 0. The van der Waals surface area contributed by atoms with Crippen molar-refractivity contribution in [2.24, 2.45) is 5.41 Å². The standard InChI is InChI=1S/C18H23NO8/c1-4-25-15(20)12-18(16(21)26-5-2,17(22)27-6-3)11-13-9-7-8-10-14(13)19(23)24/h7-10H,4-6,11-12H2,1-3H3.